The fraction of sp³-hybridized carbons (Fsp3) is 0.143. The van der Waals surface area contributed by atoms with Crippen molar-refractivity contribution in [1.29, 1.82) is 0 Å². The van der Waals surface area contributed by atoms with E-state index in [0.717, 1.165) is 0 Å². The molecule has 1 aliphatic rings. The third-order valence-electron chi connectivity index (χ3n) is 8.80. The van der Waals surface area contributed by atoms with Crippen molar-refractivity contribution in [2.75, 3.05) is 0 Å². The fourth-order valence-electron chi connectivity index (χ4n) is 5.98. The van der Waals surface area contributed by atoms with Crippen molar-refractivity contribution in [3.05, 3.63) is 181 Å². The summed E-state index contributed by atoms with van der Waals surface area (Å²) in [5.41, 5.74) is -0.583. The molecule has 1 fully saturated rings. The molecular formula is C42H30N6O12. The summed E-state index contributed by atoms with van der Waals surface area (Å²) >= 11 is 0. The lowest BCUT2D eigenvalue weighted by atomic mass is 9.83. The molecule has 7 rings (SSSR count). The van der Waals surface area contributed by atoms with Crippen molar-refractivity contribution in [2.24, 2.45) is 0 Å². The van der Waals surface area contributed by atoms with E-state index in [1.807, 2.05) is 0 Å². The van der Waals surface area contributed by atoms with E-state index in [1.54, 1.807) is 0 Å². The number of nitrogens with zero attached hydrogens (tertiary/aromatic N) is 6. The van der Waals surface area contributed by atoms with Crippen molar-refractivity contribution in [1.82, 2.24) is 29.9 Å². The molecule has 60 heavy (non-hydrogen) atoms. The Morgan fingerprint density at radius 1 is 0.283 bits per heavy atom. The SMILES string of the molecule is O=C(OC1[C@@H](OC(=O)c2cccnc2)[C@@H](OC(=O)c2cccnc2)C(OC(=O)c2cccnc2)[C@H](OC(=O)c2cccnc2)[C@H]1OC(=O)c1cccnc1)c1ccncc1. The predicted octanol–water partition coefficient (Wildman–Crippen LogP) is 3.72. The Labute approximate surface area is 339 Å². The van der Waals surface area contributed by atoms with Crippen molar-refractivity contribution in [2.45, 2.75) is 36.6 Å². The number of esters is 6. The number of hydrogen-bond donors (Lipinski definition) is 0. The molecule has 300 valence electrons. The van der Waals surface area contributed by atoms with Crippen LogP contribution in [0.15, 0.2) is 147 Å². The quantitative estimate of drug-likeness (QED) is 0.126. The molecule has 1 saturated carbocycles. The Kier molecular flexibility index (Phi) is 12.5. The van der Waals surface area contributed by atoms with Crippen LogP contribution in [0.5, 0.6) is 0 Å². The van der Waals surface area contributed by atoms with Crippen LogP contribution in [0, 0.1) is 0 Å². The highest BCUT2D eigenvalue weighted by atomic mass is 16.7. The zero-order chi connectivity index (χ0) is 41.8. The third kappa shape index (κ3) is 9.46. The summed E-state index contributed by atoms with van der Waals surface area (Å²) < 4.78 is 36.2. The number of hydrogen-bond acceptors (Lipinski definition) is 18. The van der Waals surface area contributed by atoms with Gasteiger partial charge in [0.15, 0.2) is 36.6 Å². The second-order valence-electron chi connectivity index (χ2n) is 12.7. The van der Waals surface area contributed by atoms with Crippen LogP contribution >= 0.6 is 0 Å². The van der Waals surface area contributed by atoms with Crippen molar-refractivity contribution in [3.8, 4) is 0 Å². The van der Waals surface area contributed by atoms with Crippen LogP contribution in [-0.2, 0) is 28.4 Å². The molecule has 0 N–H and O–H groups in total. The number of rotatable bonds is 12. The molecule has 18 heteroatoms. The molecule has 6 aromatic rings. The molecule has 0 aromatic carbocycles. The molecule has 18 nitrogen and oxygen atoms in total. The van der Waals surface area contributed by atoms with E-state index in [1.165, 1.54) is 147 Å². The van der Waals surface area contributed by atoms with E-state index in [4.69, 9.17) is 28.4 Å². The van der Waals surface area contributed by atoms with Crippen molar-refractivity contribution in [3.63, 3.8) is 0 Å². The summed E-state index contributed by atoms with van der Waals surface area (Å²) in [6.07, 6.45) is 3.57. The number of carbonyl (C=O) groups excluding carboxylic acids is 6. The van der Waals surface area contributed by atoms with E-state index in [9.17, 15) is 28.8 Å². The molecule has 0 saturated heterocycles. The topological polar surface area (TPSA) is 235 Å². The normalized spacial score (nSPS) is 19.4. The van der Waals surface area contributed by atoms with Gasteiger partial charge in [-0.05, 0) is 72.8 Å². The lowest BCUT2D eigenvalue weighted by molar-refractivity contribution is -0.223. The Bertz CT molecular complexity index is 1980. The van der Waals surface area contributed by atoms with Crippen LogP contribution in [-0.4, -0.2) is 102 Å². The van der Waals surface area contributed by atoms with E-state index in [-0.39, 0.29) is 33.4 Å². The number of aromatic nitrogens is 6. The van der Waals surface area contributed by atoms with E-state index in [2.05, 4.69) is 29.9 Å². The zero-order valence-electron chi connectivity index (χ0n) is 30.9. The lowest BCUT2D eigenvalue weighted by Crippen LogP contribution is -2.69. The van der Waals surface area contributed by atoms with E-state index >= 15 is 0 Å². The van der Waals surface area contributed by atoms with Crippen molar-refractivity contribution < 1.29 is 57.2 Å². The van der Waals surface area contributed by atoms with Gasteiger partial charge in [0, 0.05) is 74.4 Å². The molecule has 1 aliphatic carbocycles. The summed E-state index contributed by atoms with van der Waals surface area (Å²) in [5, 5.41) is 0. The Hall–Kier alpha value is -8.28. The zero-order valence-corrected chi connectivity index (χ0v) is 30.9. The van der Waals surface area contributed by atoms with Crippen LogP contribution in [0.4, 0.5) is 0 Å². The fourth-order valence-corrected chi connectivity index (χ4v) is 5.98. The molecule has 0 radical (unpaired) electrons. The molecular weight excluding hydrogens is 780 g/mol. The molecule has 0 aliphatic heterocycles. The monoisotopic (exact) mass is 810 g/mol. The van der Waals surface area contributed by atoms with Crippen LogP contribution < -0.4 is 0 Å². The standard InChI is InChI=1S/C42H30N6O12/c49-37(25-11-18-43-19-12-25)55-31-32(56-38(50)26-6-1-13-44-20-26)34(58-40(52)28-8-3-15-46-22-28)36(60-42(54)30-10-5-17-48-24-30)35(59-41(53)29-9-4-16-47-23-29)33(31)57-39(51)27-7-2-14-45-21-27/h1-24,31-36H/t31?,32-,33+,34-,35-,36?/m1/s1. The van der Waals surface area contributed by atoms with Gasteiger partial charge in [0.2, 0.25) is 0 Å². The molecule has 6 aromatic heterocycles. The van der Waals surface area contributed by atoms with Gasteiger partial charge in [-0.1, -0.05) is 0 Å². The molecule has 6 heterocycles. The van der Waals surface area contributed by atoms with Gasteiger partial charge in [0.05, 0.1) is 33.4 Å². The smallest absolute Gasteiger partial charge is 0.340 e. The first-order chi connectivity index (χ1) is 29.3. The van der Waals surface area contributed by atoms with Crippen LogP contribution in [0.2, 0.25) is 0 Å². The summed E-state index contributed by atoms with van der Waals surface area (Å²) in [5.74, 6) is -6.48. The highest BCUT2D eigenvalue weighted by molar-refractivity contribution is 5.93. The van der Waals surface area contributed by atoms with Gasteiger partial charge >= 0.3 is 35.8 Å². The van der Waals surface area contributed by atoms with E-state index < -0.39 is 72.4 Å². The average molecular weight is 811 g/mol. The number of ether oxygens (including phenoxy) is 6. The minimum Gasteiger partial charge on any atom is -0.450 e. The third-order valence-corrected chi connectivity index (χ3v) is 8.80. The molecule has 0 bridgehead atoms. The first-order valence-electron chi connectivity index (χ1n) is 17.9. The highest BCUT2D eigenvalue weighted by Gasteiger charge is 2.61. The molecule has 2 unspecified atom stereocenters. The van der Waals surface area contributed by atoms with Gasteiger partial charge in [0.1, 0.15) is 0 Å². The van der Waals surface area contributed by atoms with Gasteiger partial charge in [0.25, 0.3) is 0 Å². The van der Waals surface area contributed by atoms with Gasteiger partial charge in [-0.25, -0.2) is 28.8 Å². The second kappa shape index (κ2) is 18.8. The first-order valence-corrected chi connectivity index (χ1v) is 17.9. The predicted molar refractivity (Wildman–Crippen MR) is 201 cm³/mol. The second-order valence-corrected chi connectivity index (χ2v) is 12.7. The van der Waals surface area contributed by atoms with Crippen LogP contribution in [0.1, 0.15) is 62.1 Å². The maximum atomic E-state index is 14.0. The average Bonchev–Trinajstić information content (AvgIpc) is 3.31. The lowest BCUT2D eigenvalue weighted by Gasteiger charge is -2.47. The summed E-state index contributed by atoms with van der Waals surface area (Å²) in [4.78, 5) is 108. The Morgan fingerprint density at radius 2 is 0.500 bits per heavy atom. The minimum absolute atomic E-state index is 0.0578. The van der Waals surface area contributed by atoms with Crippen molar-refractivity contribution >= 4 is 35.8 Å². The summed E-state index contributed by atoms with van der Waals surface area (Å²) in [6, 6.07) is 16.7. The molecule has 0 spiro atoms. The van der Waals surface area contributed by atoms with Crippen LogP contribution in [0.3, 0.4) is 0 Å². The minimum atomic E-state index is -1.99. The molecule has 6 atom stereocenters. The van der Waals surface area contributed by atoms with Gasteiger partial charge in [-0.2, -0.15) is 0 Å². The Balaban J connectivity index is 1.43. The van der Waals surface area contributed by atoms with Gasteiger partial charge in [-0.3, -0.25) is 29.9 Å². The largest absolute Gasteiger partial charge is 0.450 e. The highest BCUT2D eigenvalue weighted by Crippen LogP contribution is 2.37. The number of pyridine rings is 6. The van der Waals surface area contributed by atoms with Gasteiger partial charge < -0.3 is 28.4 Å². The summed E-state index contributed by atoms with van der Waals surface area (Å²) in [7, 11) is 0. The Morgan fingerprint density at radius 3 is 0.700 bits per heavy atom. The molecule has 0 amide bonds. The van der Waals surface area contributed by atoms with E-state index in [0.29, 0.717) is 0 Å². The maximum Gasteiger partial charge on any atom is 0.340 e. The maximum absolute atomic E-state index is 14.0. The van der Waals surface area contributed by atoms with Crippen LogP contribution in [0.25, 0.3) is 0 Å². The number of carbonyl (C=O) groups is 6. The van der Waals surface area contributed by atoms with Gasteiger partial charge in [-0.15, -0.1) is 0 Å². The first kappa shape index (κ1) is 39.9. The summed E-state index contributed by atoms with van der Waals surface area (Å²) in [6.45, 7) is 0.